The van der Waals surface area contributed by atoms with Crippen molar-refractivity contribution in [2.45, 2.75) is 26.8 Å². The molecule has 0 radical (unpaired) electrons. The molecule has 0 unspecified atom stereocenters. The van der Waals surface area contributed by atoms with E-state index in [1.807, 2.05) is 0 Å². The van der Waals surface area contributed by atoms with E-state index in [1.165, 1.54) is 12.0 Å². The van der Waals surface area contributed by atoms with E-state index < -0.39 is 0 Å². The largest absolute Gasteiger partial charge is 0.313 e. The van der Waals surface area contributed by atoms with Crippen molar-refractivity contribution in [3.8, 4) is 0 Å². The van der Waals surface area contributed by atoms with Gasteiger partial charge in [0.2, 0.25) is 0 Å². The molecule has 2 heteroatoms. The van der Waals surface area contributed by atoms with Gasteiger partial charge in [0.25, 0.3) is 0 Å². The first-order valence-corrected chi connectivity index (χ1v) is 5.45. The Morgan fingerprint density at radius 3 is 2.92 bits per heavy atom. The molecule has 0 saturated carbocycles. The van der Waals surface area contributed by atoms with E-state index in [-0.39, 0.29) is 0 Å². The molecule has 1 N–H and O–H groups in total. The second kappa shape index (κ2) is 5.33. The quantitative estimate of drug-likeness (QED) is 0.692. The van der Waals surface area contributed by atoms with Crippen LogP contribution in [-0.2, 0) is 6.54 Å². The highest BCUT2D eigenvalue weighted by Crippen LogP contribution is 2.05. The Kier molecular flexibility index (Phi) is 4.33. The van der Waals surface area contributed by atoms with Gasteiger partial charge >= 0.3 is 0 Å². The van der Waals surface area contributed by atoms with Crippen LogP contribution in [0.5, 0.6) is 0 Å². The van der Waals surface area contributed by atoms with E-state index in [1.54, 1.807) is 11.3 Å². The van der Waals surface area contributed by atoms with Gasteiger partial charge in [0.05, 0.1) is 0 Å². The van der Waals surface area contributed by atoms with Crippen molar-refractivity contribution in [1.82, 2.24) is 5.32 Å². The molecule has 0 aliphatic rings. The molecule has 1 aromatic heterocycles. The fourth-order valence-corrected chi connectivity index (χ4v) is 1.69. The second-order valence-electron chi connectivity index (χ2n) is 3.49. The molecule has 12 heavy (non-hydrogen) atoms. The van der Waals surface area contributed by atoms with Crippen LogP contribution in [0.3, 0.4) is 0 Å². The van der Waals surface area contributed by atoms with E-state index in [0.29, 0.717) is 0 Å². The molecule has 0 aliphatic heterocycles. The summed E-state index contributed by atoms with van der Waals surface area (Å²) in [5, 5.41) is 7.75. The van der Waals surface area contributed by atoms with Gasteiger partial charge in [0.15, 0.2) is 0 Å². The molecule has 0 aromatic carbocycles. The highest BCUT2D eigenvalue weighted by atomic mass is 32.1. The first kappa shape index (κ1) is 9.75. The average Bonchev–Trinajstić information content (AvgIpc) is 2.49. The van der Waals surface area contributed by atoms with Crippen LogP contribution in [-0.4, -0.2) is 6.54 Å². The first-order valence-electron chi connectivity index (χ1n) is 4.51. The third kappa shape index (κ3) is 3.88. The zero-order chi connectivity index (χ0) is 8.81. The van der Waals surface area contributed by atoms with Gasteiger partial charge in [-0.3, -0.25) is 0 Å². The Hall–Kier alpha value is -0.340. The predicted molar refractivity (Wildman–Crippen MR) is 55.5 cm³/mol. The summed E-state index contributed by atoms with van der Waals surface area (Å²) in [7, 11) is 0. The number of hydrogen-bond acceptors (Lipinski definition) is 2. The Labute approximate surface area is 78.8 Å². The number of nitrogens with one attached hydrogen (secondary N) is 1. The summed E-state index contributed by atoms with van der Waals surface area (Å²) in [4.78, 5) is 0. The van der Waals surface area contributed by atoms with Crippen LogP contribution in [0.1, 0.15) is 25.8 Å². The van der Waals surface area contributed by atoms with Crippen LogP contribution in [0.25, 0.3) is 0 Å². The minimum atomic E-state index is 0.806. The van der Waals surface area contributed by atoms with E-state index in [4.69, 9.17) is 0 Å². The maximum Gasteiger partial charge on any atom is 0.0213 e. The Morgan fingerprint density at radius 1 is 1.50 bits per heavy atom. The molecule has 0 bridgehead atoms. The van der Waals surface area contributed by atoms with Gasteiger partial charge in [-0.25, -0.2) is 0 Å². The minimum absolute atomic E-state index is 0.806. The fourth-order valence-electron chi connectivity index (χ4n) is 1.02. The summed E-state index contributed by atoms with van der Waals surface area (Å²) in [6.45, 7) is 6.67. The molecule has 0 fully saturated rings. The molecule has 0 atom stereocenters. The van der Waals surface area contributed by atoms with Crippen LogP contribution in [0.15, 0.2) is 16.8 Å². The van der Waals surface area contributed by atoms with Crippen molar-refractivity contribution in [3.05, 3.63) is 22.4 Å². The molecule has 68 valence electrons. The Morgan fingerprint density at radius 2 is 2.33 bits per heavy atom. The number of thiophene rings is 1. The topological polar surface area (TPSA) is 12.0 Å². The third-order valence-corrected chi connectivity index (χ3v) is 2.54. The maximum atomic E-state index is 3.43. The lowest BCUT2D eigenvalue weighted by atomic mass is 10.1. The van der Waals surface area contributed by atoms with E-state index in [0.717, 1.165) is 19.0 Å². The molecular weight excluding hydrogens is 166 g/mol. The summed E-state index contributed by atoms with van der Waals surface area (Å²) in [6, 6.07) is 2.17. The van der Waals surface area contributed by atoms with Gasteiger partial charge in [0.1, 0.15) is 0 Å². The minimum Gasteiger partial charge on any atom is -0.313 e. The number of rotatable bonds is 5. The van der Waals surface area contributed by atoms with Crippen LogP contribution in [0, 0.1) is 5.92 Å². The van der Waals surface area contributed by atoms with Crippen molar-refractivity contribution in [2.24, 2.45) is 5.92 Å². The molecule has 0 amide bonds. The van der Waals surface area contributed by atoms with Crippen LogP contribution in [0.4, 0.5) is 0 Å². The monoisotopic (exact) mass is 183 g/mol. The highest BCUT2D eigenvalue weighted by molar-refractivity contribution is 7.07. The number of hydrogen-bond donors (Lipinski definition) is 1. The highest BCUT2D eigenvalue weighted by Gasteiger charge is 1.94. The maximum absolute atomic E-state index is 3.43. The standard InChI is InChI=1S/C10H17NS/c1-9(2)3-5-11-7-10-4-6-12-8-10/h4,6,8-9,11H,3,5,7H2,1-2H3. The van der Waals surface area contributed by atoms with Crippen molar-refractivity contribution >= 4 is 11.3 Å². The van der Waals surface area contributed by atoms with Gasteiger partial charge in [-0.15, -0.1) is 0 Å². The van der Waals surface area contributed by atoms with Crippen molar-refractivity contribution in [3.63, 3.8) is 0 Å². The van der Waals surface area contributed by atoms with Crippen LogP contribution >= 0.6 is 11.3 Å². The molecule has 0 spiro atoms. The molecule has 1 nitrogen and oxygen atoms in total. The smallest absolute Gasteiger partial charge is 0.0213 e. The molecule has 1 heterocycles. The first-order chi connectivity index (χ1) is 5.79. The predicted octanol–water partition coefficient (Wildman–Crippen LogP) is 2.88. The van der Waals surface area contributed by atoms with Gasteiger partial charge in [-0.05, 0) is 41.3 Å². The SMILES string of the molecule is CC(C)CCNCc1ccsc1. The lowest BCUT2D eigenvalue weighted by molar-refractivity contribution is 0.538. The summed E-state index contributed by atoms with van der Waals surface area (Å²) >= 11 is 1.76. The zero-order valence-corrected chi connectivity index (χ0v) is 8.66. The molecule has 0 saturated heterocycles. The lowest BCUT2D eigenvalue weighted by Crippen LogP contribution is -2.15. The second-order valence-corrected chi connectivity index (χ2v) is 4.27. The molecule has 1 rings (SSSR count). The summed E-state index contributed by atoms with van der Waals surface area (Å²) in [5.41, 5.74) is 1.41. The van der Waals surface area contributed by atoms with Crippen LogP contribution < -0.4 is 5.32 Å². The van der Waals surface area contributed by atoms with Gasteiger partial charge in [-0.2, -0.15) is 11.3 Å². The van der Waals surface area contributed by atoms with Gasteiger partial charge in [-0.1, -0.05) is 13.8 Å². The van der Waals surface area contributed by atoms with Gasteiger partial charge < -0.3 is 5.32 Å². The summed E-state index contributed by atoms with van der Waals surface area (Å²) in [6.07, 6.45) is 1.27. The van der Waals surface area contributed by atoms with Crippen molar-refractivity contribution in [1.29, 1.82) is 0 Å². The van der Waals surface area contributed by atoms with Crippen LogP contribution in [0.2, 0.25) is 0 Å². The fraction of sp³-hybridized carbons (Fsp3) is 0.600. The average molecular weight is 183 g/mol. The molecule has 1 aromatic rings. The normalized spacial score (nSPS) is 10.9. The Bertz CT molecular complexity index is 192. The molecular formula is C10H17NS. The Balaban J connectivity index is 2.04. The van der Waals surface area contributed by atoms with E-state index in [9.17, 15) is 0 Å². The third-order valence-electron chi connectivity index (χ3n) is 1.81. The van der Waals surface area contributed by atoms with E-state index >= 15 is 0 Å². The van der Waals surface area contributed by atoms with E-state index in [2.05, 4.69) is 36.0 Å². The summed E-state index contributed by atoms with van der Waals surface area (Å²) < 4.78 is 0. The van der Waals surface area contributed by atoms with Crippen molar-refractivity contribution in [2.75, 3.05) is 6.54 Å². The molecule has 0 aliphatic carbocycles. The lowest BCUT2D eigenvalue weighted by Gasteiger charge is -2.05. The van der Waals surface area contributed by atoms with Gasteiger partial charge in [0, 0.05) is 6.54 Å². The zero-order valence-electron chi connectivity index (χ0n) is 7.84. The summed E-state index contributed by atoms with van der Waals surface area (Å²) in [5.74, 6) is 0.806. The van der Waals surface area contributed by atoms with Crippen molar-refractivity contribution < 1.29 is 0 Å².